The van der Waals surface area contributed by atoms with Gasteiger partial charge in [-0.1, -0.05) is 17.4 Å². The highest BCUT2D eigenvalue weighted by atomic mass is 32.1. The lowest BCUT2D eigenvalue weighted by molar-refractivity contribution is -0.132. The van der Waals surface area contributed by atoms with Crippen LogP contribution in [0.15, 0.2) is 48.3 Å². The van der Waals surface area contributed by atoms with Crippen molar-refractivity contribution in [1.29, 1.82) is 0 Å². The quantitative estimate of drug-likeness (QED) is 0.383. The molecule has 2 aromatic heterocycles. The number of benzene rings is 1. The molecule has 0 aliphatic carbocycles. The van der Waals surface area contributed by atoms with Crippen LogP contribution in [0.25, 0.3) is 5.76 Å². The van der Waals surface area contributed by atoms with Crippen molar-refractivity contribution in [2.45, 2.75) is 32.4 Å². The summed E-state index contributed by atoms with van der Waals surface area (Å²) in [4.78, 5) is 31.5. The van der Waals surface area contributed by atoms with E-state index in [0.29, 0.717) is 27.7 Å². The number of aryl methyl sites for hydroxylation is 1. The van der Waals surface area contributed by atoms with Gasteiger partial charge in [-0.2, -0.15) is 0 Å². The highest BCUT2D eigenvalue weighted by molar-refractivity contribution is 7.15. The van der Waals surface area contributed by atoms with Crippen molar-refractivity contribution in [1.82, 2.24) is 15.2 Å². The molecule has 1 fully saturated rings. The topological polar surface area (TPSA) is 106 Å². The number of amides is 1. The summed E-state index contributed by atoms with van der Waals surface area (Å²) in [5.74, 6) is -1.01. The van der Waals surface area contributed by atoms with Crippen LogP contribution in [0, 0.1) is 6.92 Å². The molecule has 3 aromatic rings. The highest BCUT2D eigenvalue weighted by Crippen LogP contribution is 2.43. The molecule has 0 saturated carbocycles. The molecule has 1 amide bonds. The van der Waals surface area contributed by atoms with Crippen molar-refractivity contribution < 1.29 is 19.4 Å². The maximum Gasteiger partial charge on any atom is 0.301 e. The third-order valence-electron chi connectivity index (χ3n) is 5.34. The first-order valence-electron chi connectivity index (χ1n) is 9.75. The smallest absolute Gasteiger partial charge is 0.301 e. The van der Waals surface area contributed by atoms with E-state index in [0.717, 1.165) is 11.3 Å². The zero-order valence-electron chi connectivity index (χ0n) is 16.8. The van der Waals surface area contributed by atoms with Crippen LogP contribution in [0.1, 0.15) is 34.7 Å². The molecule has 0 radical (unpaired) electrons. The van der Waals surface area contributed by atoms with Gasteiger partial charge in [-0.15, -0.1) is 10.2 Å². The zero-order chi connectivity index (χ0) is 21.7. The number of aliphatic hydroxyl groups is 1. The van der Waals surface area contributed by atoms with Gasteiger partial charge in [-0.25, -0.2) is 0 Å². The monoisotopic (exact) mass is 434 g/mol. The van der Waals surface area contributed by atoms with Crippen LogP contribution in [0.5, 0.6) is 5.75 Å². The third kappa shape index (κ3) is 3.17. The van der Waals surface area contributed by atoms with Crippen LogP contribution in [0.2, 0.25) is 0 Å². The molecule has 0 spiro atoms. The second kappa shape index (κ2) is 7.28. The fraction of sp³-hybridized carbons (Fsp3) is 0.227. The molecule has 0 bridgehead atoms. The normalized spacial score (nSPS) is 21.9. The molecular weight excluding hydrogens is 416 g/mol. The Balaban J connectivity index is 1.68. The van der Waals surface area contributed by atoms with Gasteiger partial charge in [0, 0.05) is 24.4 Å². The van der Waals surface area contributed by atoms with E-state index in [1.54, 1.807) is 49.6 Å². The summed E-state index contributed by atoms with van der Waals surface area (Å²) in [6, 6.07) is 7.89. The molecule has 1 N–H and O–H groups in total. The van der Waals surface area contributed by atoms with E-state index in [4.69, 9.17) is 4.74 Å². The van der Waals surface area contributed by atoms with E-state index < -0.39 is 17.7 Å². The molecule has 9 heteroatoms. The van der Waals surface area contributed by atoms with Crippen LogP contribution < -0.4 is 9.64 Å². The summed E-state index contributed by atoms with van der Waals surface area (Å²) in [6.07, 6.45) is 3.94. The minimum Gasteiger partial charge on any atom is -0.507 e. The Hall–Kier alpha value is -3.59. The number of anilines is 1. The van der Waals surface area contributed by atoms with Crippen LogP contribution in [-0.4, -0.2) is 38.1 Å². The van der Waals surface area contributed by atoms with Gasteiger partial charge in [0.1, 0.15) is 22.6 Å². The first-order chi connectivity index (χ1) is 14.9. The number of rotatable bonds is 3. The summed E-state index contributed by atoms with van der Waals surface area (Å²) in [5, 5.41) is 20.2. The van der Waals surface area contributed by atoms with E-state index in [1.807, 2.05) is 6.92 Å². The highest BCUT2D eigenvalue weighted by Gasteiger charge is 2.48. The summed E-state index contributed by atoms with van der Waals surface area (Å²) < 4.78 is 5.72. The van der Waals surface area contributed by atoms with E-state index in [-0.39, 0.29) is 17.4 Å². The van der Waals surface area contributed by atoms with E-state index in [9.17, 15) is 14.7 Å². The number of hydrogen-bond acceptors (Lipinski definition) is 8. The first kappa shape index (κ1) is 19.4. The molecule has 1 aromatic carbocycles. The lowest BCUT2D eigenvalue weighted by atomic mass is 9.95. The standard InChI is InChI=1S/C22H18N4O4S/c1-11-8-15-9-13(5-6-16(15)30-11)19(27)17-18(14-4-3-7-23-10-14)26(21(29)20(17)28)22-25-24-12(2)31-22/h3-7,9-11,18,27H,8H2,1-2H3/t11-,18+/m0/s1. The van der Waals surface area contributed by atoms with Gasteiger partial charge in [0.2, 0.25) is 5.13 Å². The van der Waals surface area contributed by atoms with Gasteiger partial charge in [0.05, 0.1) is 11.6 Å². The van der Waals surface area contributed by atoms with Crippen molar-refractivity contribution in [2.24, 2.45) is 0 Å². The Kier molecular flexibility index (Phi) is 4.55. The predicted molar refractivity (Wildman–Crippen MR) is 114 cm³/mol. The van der Waals surface area contributed by atoms with E-state index >= 15 is 0 Å². The molecule has 31 heavy (non-hydrogen) atoms. The number of hydrogen-bond donors (Lipinski definition) is 1. The lowest BCUT2D eigenvalue weighted by Crippen LogP contribution is -2.29. The second-order valence-electron chi connectivity index (χ2n) is 7.51. The van der Waals surface area contributed by atoms with Crippen molar-refractivity contribution in [3.63, 3.8) is 0 Å². The van der Waals surface area contributed by atoms with Crippen molar-refractivity contribution in [3.05, 3.63) is 70.0 Å². The molecule has 5 rings (SSSR count). The van der Waals surface area contributed by atoms with Crippen molar-refractivity contribution >= 4 is 33.9 Å². The maximum atomic E-state index is 13.1. The molecule has 4 heterocycles. The maximum absolute atomic E-state index is 13.1. The molecule has 2 aliphatic heterocycles. The van der Waals surface area contributed by atoms with Crippen LogP contribution in [-0.2, 0) is 16.0 Å². The summed E-state index contributed by atoms with van der Waals surface area (Å²) in [6.45, 7) is 3.74. The Labute approximate surface area is 181 Å². The Morgan fingerprint density at radius 2 is 2.10 bits per heavy atom. The fourth-order valence-corrected chi connectivity index (χ4v) is 4.71. The summed E-state index contributed by atoms with van der Waals surface area (Å²) in [7, 11) is 0. The minimum absolute atomic E-state index is 0.00207. The van der Waals surface area contributed by atoms with Crippen molar-refractivity contribution in [3.8, 4) is 5.75 Å². The molecule has 2 aliphatic rings. The van der Waals surface area contributed by atoms with Gasteiger partial charge < -0.3 is 9.84 Å². The number of Topliss-reactive ketones (excluding diaryl/α,β-unsaturated/α-hetero) is 1. The number of ketones is 1. The second-order valence-corrected chi connectivity index (χ2v) is 8.67. The average Bonchev–Trinajstić information content (AvgIpc) is 3.43. The molecule has 8 nitrogen and oxygen atoms in total. The van der Waals surface area contributed by atoms with Crippen LogP contribution in [0.4, 0.5) is 5.13 Å². The lowest BCUT2D eigenvalue weighted by Gasteiger charge is -2.22. The van der Waals surface area contributed by atoms with Gasteiger partial charge in [0.15, 0.2) is 0 Å². The number of aliphatic hydroxyl groups excluding tert-OH is 1. The molecular formula is C22H18N4O4S. The Morgan fingerprint density at radius 3 is 2.81 bits per heavy atom. The Morgan fingerprint density at radius 1 is 1.26 bits per heavy atom. The van der Waals surface area contributed by atoms with E-state index in [2.05, 4.69) is 15.2 Å². The molecule has 1 saturated heterocycles. The van der Waals surface area contributed by atoms with Crippen LogP contribution in [0.3, 0.4) is 0 Å². The van der Waals surface area contributed by atoms with Gasteiger partial charge in [-0.3, -0.25) is 19.5 Å². The molecule has 0 unspecified atom stereocenters. The minimum atomic E-state index is -0.857. The molecule has 156 valence electrons. The largest absolute Gasteiger partial charge is 0.507 e. The fourth-order valence-electron chi connectivity index (χ4n) is 3.99. The number of ether oxygens (including phenoxy) is 1. The number of aromatic nitrogens is 3. The van der Waals surface area contributed by atoms with E-state index in [1.165, 1.54) is 16.2 Å². The number of carbonyl (C=O) groups excluding carboxylic acids is 2. The van der Waals surface area contributed by atoms with Crippen molar-refractivity contribution in [2.75, 3.05) is 4.90 Å². The molecule has 2 atom stereocenters. The number of pyridine rings is 1. The first-order valence-corrected chi connectivity index (χ1v) is 10.6. The summed E-state index contributed by atoms with van der Waals surface area (Å²) >= 11 is 1.20. The predicted octanol–water partition coefficient (Wildman–Crippen LogP) is 3.19. The Bertz CT molecular complexity index is 1240. The van der Waals surface area contributed by atoms with Gasteiger partial charge >= 0.3 is 5.91 Å². The van der Waals surface area contributed by atoms with Gasteiger partial charge in [-0.05, 0) is 49.2 Å². The van der Waals surface area contributed by atoms with Crippen LogP contribution >= 0.6 is 11.3 Å². The zero-order valence-corrected chi connectivity index (χ0v) is 17.6. The number of carbonyl (C=O) groups is 2. The SMILES string of the molecule is Cc1nnc(N2C(=O)C(=O)C(=C(O)c3ccc4c(c3)C[C@H](C)O4)[C@H]2c2cccnc2)s1. The third-order valence-corrected chi connectivity index (χ3v) is 6.17. The average molecular weight is 434 g/mol. The van der Waals surface area contributed by atoms with Gasteiger partial charge in [0.25, 0.3) is 5.78 Å². The number of fused-ring (bicyclic) bond motifs is 1. The number of nitrogens with zero attached hydrogens (tertiary/aromatic N) is 4. The summed E-state index contributed by atoms with van der Waals surface area (Å²) in [5.41, 5.74) is 1.99.